The fourth-order valence-electron chi connectivity index (χ4n) is 15.4. The van der Waals surface area contributed by atoms with Crippen LogP contribution in [0.15, 0.2) is 75.0 Å². The predicted octanol–water partition coefficient (Wildman–Crippen LogP) is 5.61. The lowest BCUT2D eigenvalue weighted by molar-refractivity contribution is -0.134. The van der Waals surface area contributed by atoms with E-state index in [1.54, 1.807) is 6.92 Å². The Morgan fingerprint density at radius 2 is 0.758 bits per heavy atom. The zero-order chi connectivity index (χ0) is 91.2. The smallest absolute Gasteiger partial charge is 0.382 e. The van der Waals surface area contributed by atoms with Crippen LogP contribution in [-0.4, -0.2) is 219 Å². The van der Waals surface area contributed by atoms with Gasteiger partial charge in [0.15, 0.2) is 45.3 Å². The molecule has 694 valence electrons. The summed E-state index contributed by atoms with van der Waals surface area (Å²) in [6, 6.07) is 0. The minimum absolute atomic E-state index is 0.00108. The first-order chi connectivity index (χ1) is 60.5. The van der Waals surface area contributed by atoms with Crippen LogP contribution in [0.3, 0.4) is 0 Å². The molecule has 0 radical (unpaired) electrons. The van der Waals surface area contributed by atoms with Gasteiger partial charge in [-0.1, -0.05) is 86.5 Å². The SMILES string of the molecule is CC[C@H]1O[C@@H](n2cnc3c(=O)[nH]c(N)nc32)CC1OP(=O)(S)OC[C@H]1O[C@@H](n2cnc3c(N)ncnc32)CC1OP(=O)(S)OC[C@H]1O[C@@H](n2cnc3c(N)ncnc32)CC1OP(=O)(S)OC[C@H]1O[C@@H](C2C=C(C)C(=O)NC2=O)CC1OP(=O)(S)OC[C@H]1O[C@@H](n2cnc3c(=O)[nH]c(N)nc32)CC1OP(=O)(S)OC[C@H]1O[C@@H](n2cc(C)c(=O)[nH]c2=O)CC1OP(=O)(S)OC. The summed E-state index contributed by atoms with van der Waals surface area (Å²) < 4.78 is 203. The summed E-state index contributed by atoms with van der Waals surface area (Å²) >= 11 is 25.8. The number of thiol groups is 6. The molecule has 9 aromatic rings. The average Bonchev–Trinajstić information content (AvgIpc) is 1.64. The van der Waals surface area contributed by atoms with E-state index in [4.69, 9.17) is 106 Å². The summed E-state index contributed by atoms with van der Waals surface area (Å²) in [5.74, 6) is -3.14. The summed E-state index contributed by atoms with van der Waals surface area (Å²) in [6.45, 7) is -26.6. The zero-order valence-corrected chi connectivity index (χ0v) is 77.4. The summed E-state index contributed by atoms with van der Waals surface area (Å²) in [4.78, 5) is 126. The lowest BCUT2D eigenvalue weighted by Gasteiger charge is -2.27. The zero-order valence-electron chi connectivity index (χ0n) is 66.7. The normalized spacial score (nSPS) is 30.4. The van der Waals surface area contributed by atoms with Crippen molar-refractivity contribution in [3.05, 3.63) is 103 Å². The predicted molar refractivity (Wildman–Crippen MR) is 463 cm³/mol. The third kappa shape index (κ3) is 21.0. The maximum atomic E-state index is 15.0. The van der Waals surface area contributed by atoms with Crippen LogP contribution in [0.5, 0.6) is 0 Å². The highest BCUT2D eigenvalue weighted by Gasteiger charge is 2.52. The van der Waals surface area contributed by atoms with Crippen LogP contribution in [0.1, 0.15) is 95.5 Å². The third-order valence-corrected chi connectivity index (χ3v) is 31.5. The Hall–Kier alpha value is -6.68. The van der Waals surface area contributed by atoms with Crippen LogP contribution in [0.2, 0.25) is 0 Å². The molecule has 16 rings (SSSR count). The number of nitrogens with zero attached hydrogens (tertiary/aromatic N) is 15. The number of hydrogen-bond acceptors (Lipinski definition) is 44. The molecule has 65 heteroatoms. The van der Waals surface area contributed by atoms with Crippen LogP contribution in [0, 0.1) is 12.8 Å². The van der Waals surface area contributed by atoms with Gasteiger partial charge >= 0.3 is 46.5 Å². The van der Waals surface area contributed by atoms with Gasteiger partial charge < -0.3 is 55.9 Å². The Kier molecular flexibility index (Phi) is 27.8. The Bertz CT molecular complexity index is 6390. The molecule has 0 spiro atoms. The van der Waals surface area contributed by atoms with Crippen molar-refractivity contribution in [1.82, 2.24) is 92.9 Å². The second-order valence-corrected chi connectivity index (χ2v) is 47.3. The molecule has 2 amide bonds. The number of amides is 2. The number of aromatic amines is 3. The Morgan fingerprint density at radius 3 is 1.14 bits per heavy atom. The van der Waals surface area contributed by atoms with Crippen molar-refractivity contribution < 1.29 is 120 Å². The van der Waals surface area contributed by atoms with Crippen molar-refractivity contribution in [2.45, 2.75) is 176 Å². The molecule has 7 aliphatic rings. The molecule has 6 saturated heterocycles. The van der Waals surface area contributed by atoms with Crippen molar-refractivity contribution in [2.24, 2.45) is 5.92 Å². The van der Waals surface area contributed by atoms with Crippen LogP contribution < -0.4 is 50.6 Å². The first kappa shape index (κ1) is 94.5. The van der Waals surface area contributed by atoms with E-state index in [0.29, 0.717) is 6.42 Å². The number of aromatic nitrogens is 18. The van der Waals surface area contributed by atoms with Gasteiger partial charge in [-0.05, 0) is 20.3 Å². The number of nitrogen functional groups attached to an aromatic ring is 4. The van der Waals surface area contributed by atoms with Crippen molar-refractivity contribution in [2.75, 3.05) is 63.1 Å². The number of aryl methyl sites for hydroxylation is 1. The fraction of sp³-hybridized carbons (Fsp3) is 0.556. The lowest BCUT2D eigenvalue weighted by atomic mass is 9.93. The monoisotopic (exact) mass is 2020 g/mol. The second kappa shape index (κ2) is 37.6. The van der Waals surface area contributed by atoms with Crippen LogP contribution in [0.4, 0.5) is 23.5 Å². The summed E-state index contributed by atoms with van der Waals surface area (Å²) in [5.41, 5.74) is 22.2. The minimum atomic E-state index is -4.83. The van der Waals surface area contributed by atoms with Crippen LogP contribution in [-0.2, 0) is 120 Å². The number of ether oxygens (including phenoxy) is 6. The van der Waals surface area contributed by atoms with Gasteiger partial charge in [0.1, 0.15) is 110 Å². The van der Waals surface area contributed by atoms with Gasteiger partial charge in [-0.25, -0.2) is 72.1 Å². The number of imidazole rings is 4. The van der Waals surface area contributed by atoms with E-state index in [1.165, 1.54) is 82.4 Å². The number of nitrogens with two attached hydrogens (primary N) is 4. The van der Waals surface area contributed by atoms with E-state index in [9.17, 15) is 51.6 Å². The van der Waals surface area contributed by atoms with E-state index >= 15 is 4.57 Å². The Labute approximate surface area is 750 Å². The van der Waals surface area contributed by atoms with E-state index in [-0.39, 0.29) is 118 Å². The van der Waals surface area contributed by atoms with Gasteiger partial charge in [-0.3, -0.25) is 117 Å². The fourth-order valence-corrected chi connectivity index (χ4v) is 24.1. The average molecular weight is 2020 g/mol. The molecule has 0 bridgehead atoms. The second-order valence-electron chi connectivity index (χ2n) is 29.9. The molecule has 12 N–H and O–H groups in total. The number of imide groups is 1. The minimum Gasteiger partial charge on any atom is -0.382 e. The molecule has 0 aromatic carbocycles. The maximum absolute atomic E-state index is 15.0. The highest BCUT2D eigenvalue weighted by molar-refractivity contribution is 8.46. The number of anilines is 4. The van der Waals surface area contributed by atoms with Crippen molar-refractivity contribution >= 4 is 194 Å². The number of carbonyl (C=O) groups is 2. The highest BCUT2D eigenvalue weighted by atomic mass is 32.7. The van der Waals surface area contributed by atoms with E-state index in [0.717, 1.165) is 11.7 Å². The number of rotatable bonds is 35. The maximum Gasteiger partial charge on any atom is 0.386 e. The number of fused-ring (bicyclic) bond motifs is 4. The van der Waals surface area contributed by atoms with E-state index < -0.39 is 224 Å². The molecule has 25 atom stereocenters. The quantitative estimate of drug-likeness (QED) is 0.0130. The number of nitrogens with one attached hydrogen (secondary N) is 4. The molecular formula is C63H81N23O30P6S6. The third-order valence-electron chi connectivity index (χ3n) is 21.5. The van der Waals surface area contributed by atoms with Crippen molar-refractivity contribution in [3.8, 4) is 0 Å². The number of hydrogen-bond donors (Lipinski definition) is 14. The molecule has 0 saturated carbocycles. The van der Waals surface area contributed by atoms with Crippen LogP contribution >= 0.6 is 114 Å². The molecule has 7 aliphatic heterocycles. The summed E-state index contributed by atoms with van der Waals surface area (Å²) in [5, 5.41) is 2.26. The Morgan fingerprint density at radius 1 is 0.422 bits per heavy atom. The molecule has 13 unspecified atom stereocenters. The molecule has 16 heterocycles. The van der Waals surface area contributed by atoms with Gasteiger partial charge in [0.25, 0.3) is 22.6 Å². The standard InChI is InChI=1S/C63H81N23O30P6S6/c1-5-28-31(8-44(106-28)85-23-74-48-54(85)76-61(66)79-59(48)90)113-119(95,125)102-16-38-34(11-43(108-38)84-22-73-47-51(65)69-20-71-53(47)84)115-122(98,128)104-17-39-33(10-42(109-39)83-21-72-46-50(64)68-19-70-52(46)83)114-120(96,126)100-14-36-30(7-29(105-36)27-6-25(2)56(87)78-58(27)89)112-118(94,124)101-18-40-35(12-45(110-40)86-24-75-49-55(86)77-62(67)80-60(49)91)116-121(97,127)103-15-37-32(111-117(93,123)99-4)9-41(107-37)82-13-26(3)57(88)81-63(82)92/h6,13,19-24,27-45H,5,7-12,14-18H2,1-4H3,(H,93,123)(H,94,124)(H,95,125)(H,96,126)(H,97,127)(H,98,128)(H2,64,68,70)(H2,65,69,71)(H,78,87,89)(H,81,88,92)(H3,66,76,79,90)(H3,67,77,80,91)/t27?,28-,29-,30?,31?,32?,33?,34?,35?,36-,37-,38-,39-,40-,41-,42-,43-,44-,45-,117?,118?,119?,120?,121?,122?/m1/s1. The largest absolute Gasteiger partial charge is 0.386 e. The molecular weight excluding hydrogens is 1940 g/mol. The lowest BCUT2D eigenvalue weighted by Crippen LogP contribution is -2.44. The molecule has 0 aliphatic carbocycles. The molecule has 6 fully saturated rings. The first-order valence-electron chi connectivity index (χ1n) is 38.5. The number of H-pyrrole nitrogens is 3. The number of carbonyl (C=O) groups excluding carboxylic acids is 2. The molecule has 128 heavy (non-hydrogen) atoms. The topological polar surface area (TPSA) is 688 Å². The molecule has 9 aromatic heterocycles. The molecule has 53 nitrogen and oxygen atoms in total. The van der Waals surface area contributed by atoms with Gasteiger partial charge in [0, 0.05) is 63.0 Å². The van der Waals surface area contributed by atoms with Gasteiger partial charge in [-0.2, -0.15) is 9.97 Å². The van der Waals surface area contributed by atoms with Gasteiger partial charge in [-0.15, -0.1) is 0 Å². The van der Waals surface area contributed by atoms with Gasteiger partial charge in [0.05, 0.1) is 88.7 Å². The highest BCUT2D eigenvalue weighted by Crippen LogP contribution is 2.64. The summed E-state index contributed by atoms with van der Waals surface area (Å²) in [6.07, 6.45) is -12.7. The van der Waals surface area contributed by atoms with Crippen LogP contribution in [0.25, 0.3) is 44.7 Å². The first-order valence-corrected chi connectivity index (χ1v) is 54.7. The van der Waals surface area contributed by atoms with Crippen molar-refractivity contribution in [3.63, 3.8) is 0 Å². The van der Waals surface area contributed by atoms with Crippen molar-refractivity contribution in [1.29, 1.82) is 0 Å². The van der Waals surface area contributed by atoms with Gasteiger partial charge in [0.2, 0.25) is 17.8 Å². The summed E-state index contributed by atoms with van der Waals surface area (Å²) in [7, 11) is 1.06. The van der Waals surface area contributed by atoms with E-state index in [1.807, 2.05) is 0 Å². The van der Waals surface area contributed by atoms with E-state index in [2.05, 4.69) is 144 Å². The Balaban J connectivity index is 0.612.